The molecule has 0 bridgehead atoms. The molecule has 0 saturated heterocycles. The maximum atomic E-state index is 8.54. The fraction of sp³-hybridized carbons (Fsp3) is 0.167. The summed E-state index contributed by atoms with van der Waals surface area (Å²) in [4.78, 5) is 3.74. The lowest BCUT2D eigenvalue weighted by Crippen LogP contribution is -1.84. The van der Waals surface area contributed by atoms with E-state index in [0.29, 0.717) is 5.70 Å². The Morgan fingerprint density at radius 2 is 2.56 bits per heavy atom. The Morgan fingerprint density at radius 1 is 1.67 bits per heavy atom. The Bertz CT molecular complexity index is 170. The van der Waals surface area contributed by atoms with Gasteiger partial charge in [0.1, 0.15) is 0 Å². The van der Waals surface area contributed by atoms with E-state index in [4.69, 9.17) is 9.84 Å². The maximum absolute atomic E-state index is 8.54. The fourth-order valence-corrected chi connectivity index (χ4v) is 0.466. The van der Waals surface area contributed by atoms with Crippen molar-refractivity contribution in [3.8, 4) is 0 Å². The average molecular weight is 125 g/mol. The molecule has 0 aromatic heterocycles. The molecule has 3 nitrogen and oxygen atoms in total. The summed E-state index contributed by atoms with van der Waals surface area (Å²) in [6, 6.07) is 0. The van der Waals surface area contributed by atoms with Gasteiger partial charge in [0, 0.05) is 0 Å². The van der Waals surface area contributed by atoms with Crippen LogP contribution in [0, 0.1) is 0 Å². The highest BCUT2D eigenvalue weighted by Crippen LogP contribution is 1.97. The van der Waals surface area contributed by atoms with Crippen molar-refractivity contribution in [3.05, 3.63) is 24.1 Å². The van der Waals surface area contributed by atoms with Crippen LogP contribution in [0.25, 0.3) is 0 Å². The zero-order valence-corrected chi connectivity index (χ0v) is 4.82. The van der Waals surface area contributed by atoms with Crippen molar-refractivity contribution >= 4 is 6.40 Å². The van der Waals surface area contributed by atoms with E-state index in [1.807, 2.05) is 0 Å². The van der Waals surface area contributed by atoms with E-state index in [0.717, 1.165) is 0 Å². The van der Waals surface area contributed by atoms with E-state index in [9.17, 15) is 0 Å². The quantitative estimate of drug-likeness (QED) is 0.552. The third kappa shape index (κ3) is 1.70. The van der Waals surface area contributed by atoms with Crippen molar-refractivity contribution in [1.29, 1.82) is 0 Å². The summed E-state index contributed by atoms with van der Waals surface area (Å²) in [6.07, 6.45) is 6.14. The highest BCUT2D eigenvalue weighted by molar-refractivity contribution is 5.51. The number of aliphatic imine (C=N–C) groups is 1. The summed E-state index contributed by atoms with van der Waals surface area (Å²) in [6.45, 7) is -0.0514. The minimum absolute atomic E-state index is 0.0514. The monoisotopic (exact) mass is 125 g/mol. The van der Waals surface area contributed by atoms with Gasteiger partial charge in [0.25, 0.3) is 0 Å². The number of ether oxygens (including phenoxy) is 1. The lowest BCUT2D eigenvalue weighted by atomic mass is 10.4. The lowest BCUT2D eigenvalue weighted by Gasteiger charge is -1.88. The van der Waals surface area contributed by atoms with E-state index in [-0.39, 0.29) is 6.61 Å². The zero-order chi connectivity index (χ0) is 6.53. The van der Waals surface area contributed by atoms with Crippen LogP contribution >= 0.6 is 0 Å². The third-order valence-corrected chi connectivity index (χ3v) is 0.887. The van der Waals surface area contributed by atoms with Gasteiger partial charge < -0.3 is 9.84 Å². The smallest absolute Gasteiger partial charge is 0.180 e. The second-order valence-corrected chi connectivity index (χ2v) is 1.52. The number of nitrogens with zero attached hydrogens (tertiary/aromatic N) is 1. The van der Waals surface area contributed by atoms with Crippen LogP contribution in [-0.4, -0.2) is 18.1 Å². The molecule has 0 amide bonds. The first-order chi connectivity index (χ1) is 4.43. The molecule has 1 heterocycles. The van der Waals surface area contributed by atoms with Gasteiger partial charge in [0.15, 0.2) is 6.40 Å². The number of allylic oxidation sites excluding steroid dienone is 2. The van der Waals surface area contributed by atoms with Crippen molar-refractivity contribution in [2.24, 2.45) is 4.99 Å². The number of hydrogen-bond donors (Lipinski definition) is 1. The summed E-state index contributed by atoms with van der Waals surface area (Å²) in [5.74, 6) is 0. The maximum Gasteiger partial charge on any atom is 0.180 e. The summed E-state index contributed by atoms with van der Waals surface area (Å²) < 4.78 is 4.69. The van der Waals surface area contributed by atoms with Crippen LogP contribution in [0.1, 0.15) is 0 Å². The topological polar surface area (TPSA) is 41.8 Å². The molecule has 0 atom stereocenters. The molecule has 0 unspecified atom stereocenters. The van der Waals surface area contributed by atoms with E-state index < -0.39 is 0 Å². The van der Waals surface area contributed by atoms with Gasteiger partial charge >= 0.3 is 0 Å². The Balaban J connectivity index is 2.67. The van der Waals surface area contributed by atoms with Crippen LogP contribution in [-0.2, 0) is 4.74 Å². The van der Waals surface area contributed by atoms with Crippen LogP contribution in [0.15, 0.2) is 29.1 Å². The highest BCUT2D eigenvalue weighted by atomic mass is 16.5. The van der Waals surface area contributed by atoms with Crippen LogP contribution in [0.5, 0.6) is 0 Å². The molecular weight excluding hydrogens is 118 g/mol. The van der Waals surface area contributed by atoms with Gasteiger partial charge in [0.2, 0.25) is 0 Å². The number of aliphatic hydroxyl groups is 1. The van der Waals surface area contributed by atoms with Crippen molar-refractivity contribution < 1.29 is 9.84 Å². The second kappa shape index (κ2) is 3.04. The largest absolute Gasteiger partial charge is 0.453 e. The summed E-state index contributed by atoms with van der Waals surface area (Å²) in [7, 11) is 0. The SMILES string of the molecule is OCC1=CC=COC=N1. The molecule has 0 fully saturated rings. The van der Waals surface area contributed by atoms with Crippen LogP contribution in [0.4, 0.5) is 0 Å². The Hall–Kier alpha value is -1.09. The van der Waals surface area contributed by atoms with Crippen LogP contribution < -0.4 is 0 Å². The van der Waals surface area contributed by atoms with Crippen molar-refractivity contribution in [1.82, 2.24) is 0 Å². The predicted octanol–water partition coefficient (Wildman–Crippen LogP) is 0.435. The molecule has 0 spiro atoms. The molecule has 1 aliphatic rings. The van der Waals surface area contributed by atoms with Gasteiger partial charge in [-0.2, -0.15) is 0 Å². The predicted molar refractivity (Wildman–Crippen MR) is 33.9 cm³/mol. The molecule has 3 heteroatoms. The molecular formula is C6H7NO2. The van der Waals surface area contributed by atoms with Crippen LogP contribution in [0.2, 0.25) is 0 Å². The first-order valence-electron chi connectivity index (χ1n) is 2.58. The second-order valence-electron chi connectivity index (χ2n) is 1.52. The van der Waals surface area contributed by atoms with E-state index >= 15 is 0 Å². The number of hydrogen-bond acceptors (Lipinski definition) is 3. The van der Waals surface area contributed by atoms with E-state index in [2.05, 4.69) is 4.99 Å². The van der Waals surface area contributed by atoms with Gasteiger partial charge in [-0.15, -0.1) is 0 Å². The standard InChI is InChI=1S/C6H7NO2/c8-4-6-2-1-3-9-5-7-6/h1-3,5,8H,4H2. The average Bonchev–Trinajstić information content (AvgIpc) is 2.13. The molecule has 1 aliphatic heterocycles. The van der Waals surface area contributed by atoms with E-state index in [1.165, 1.54) is 12.7 Å². The molecule has 1 rings (SSSR count). The van der Waals surface area contributed by atoms with Gasteiger partial charge in [0.05, 0.1) is 18.6 Å². The molecule has 48 valence electrons. The lowest BCUT2D eigenvalue weighted by molar-refractivity contribution is 0.329. The van der Waals surface area contributed by atoms with Gasteiger partial charge in [-0.05, 0) is 12.2 Å². The molecule has 0 aliphatic carbocycles. The molecule has 1 N–H and O–H groups in total. The summed E-state index contributed by atoms with van der Waals surface area (Å²) in [5.41, 5.74) is 0.601. The van der Waals surface area contributed by atoms with Gasteiger partial charge in [-0.3, -0.25) is 0 Å². The van der Waals surface area contributed by atoms with Crippen molar-refractivity contribution in [3.63, 3.8) is 0 Å². The molecule has 9 heavy (non-hydrogen) atoms. The number of rotatable bonds is 1. The Kier molecular flexibility index (Phi) is 2.04. The number of aliphatic hydroxyl groups excluding tert-OH is 1. The Morgan fingerprint density at radius 3 is 3.33 bits per heavy atom. The molecule has 0 aromatic carbocycles. The third-order valence-electron chi connectivity index (χ3n) is 0.887. The highest BCUT2D eigenvalue weighted by Gasteiger charge is 1.89. The van der Waals surface area contributed by atoms with Crippen LogP contribution in [0.3, 0.4) is 0 Å². The molecule has 0 radical (unpaired) electrons. The van der Waals surface area contributed by atoms with E-state index in [1.54, 1.807) is 12.2 Å². The first kappa shape index (κ1) is 6.04. The van der Waals surface area contributed by atoms with Crippen molar-refractivity contribution in [2.75, 3.05) is 6.61 Å². The van der Waals surface area contributed by atoms with Gasteiger partial charge in [-0.1, -0.05) is 0 Å². The minimum atomic E-state index is -0.0514. The summed E-state index contributed by atoms with van der Waals surface area (Å²) in [5, 5.41) is 8.54. The fourth-order valence-electron chi connectivity index (χ4n) is 0.466. The normalized spacial score (nSPS) is 16.3. The first-order valence-corrected chi connectivity index (χ1v) is 2.58. The molecule has 0 aromatic rings. The van der Waals surface area contributed by atoms with Crippen molar-refractivity contribution in [2.45, 2.75) is 0 Å². The minimum Gasteiger partial charge on any atom is -0.453 e. The molecule has 0 saturated carbocycles. The zero-order valence-electron chi connectivity index (χ0n) is 4.82. The summed E-state index contributed by atoms with van der Waals surface area (Å²) >= 11 is 0. The van der Waals surface area contributed by atoms with Gasteiger partial charge in [-0.25, -0.2) is 4.99 Å². The Labute approximate surface area is 53.0 Å².